The van der Waals surface area contributed by atoms with Crippen LogP contribution in [0, 0.1) is 11.3 Å². The van der Waals surface area contributed by atoms with Crippen LogP contribution in [-0.2, 0) is 5.88 Å². The van der Waals surface area contributed by atoms with Crippen LogP contribution in [0.25, 0.3) is 0 Å². The number of halogens is 1. The van der Waals surface area contributed by atoms with E-state index in [1.807, 2.05) is 6.07 Å². The van der Waals surface area contributed by atoms with E-state index in [0.29, 0.717) is 34.4 Å². The molecule has 0 saturated carbocycles. The standard InChI is InChI=1S/C15H10ClNO3/c16-7-10-1-3-13(11(5-10)8-17)20-12-2-4-14-15(6-12)19-9-18-14/h1-6H,7,9H2. The third-order valence-electron chi connectivity index (χ3n) is 2.89. The summed E-state index contributed by atoms with van der Waals surface area (Å²) in [4.78, 5) is 0. The third-order valence-corrected chi connectivity index (χ3v) is 3.20. The van der Waals surface area contributed by atoms with Crippen molar-refractivity contribution in [3.8, 4) is 29.1 Å². The van der Waals surface area contributed by atoms with Gasteiger partial charge in [0.25, 0.3) is 0 Å². The van der Waals surface area contributed by atoms with Gasteiger partial charge in [-0.2, -0.15) is 5.26 Å². The number of nitriles is 1. The highest BCUT2D eigenvalue weighted by atomic mass is 35.5. The van der Waals surface area contributed by atoms with Crippen LogP contribution in [0.15, 0.2) is 36.4 Å². The molecule has 0 unspecified atom stereocenters. The van der Waals surface area contributed by atoms with Crippen molar-refractivity contribution in [2.45, 2.75) is 5.88 Å². The first-order chi connectivity index (χ1) is 9.80. The van der Waals surface area contributed by atoms with Crippen molar-refractivity contribution >= 4 is 11.6 Å². The minimum absolute atomic E-state index is 0.215. The third kappa shape index (κ3) is 2.36. The van der Waals surface area contributed by atoms with Gasteiger partial charge in [0.15, 0.2) is 11.5 Å². The van der Waals surface area contributed by atoms with Crippen molar-refractivity contribution in [2.75, 3.05) is 6.79 Å². The molecule has 0 amide bonds. The lowest BCUT2D eigenvalue weighted by Crippen LogP contribution is -1.93. The van der Waals surface area contributed by atoms with Gasteiger partial charge in [0.05, 0.1) is 5.56 Å². The Morgan fingerprint density at radius 1 is 1.15 bits per heavy atom. The summed E-state index contributed by atoms with van der Waals surface area (Å²) in [5, 5.41) is 9.15. The summed E-state index contributed by atoms with van der Waals surface area (Å²) in [6, 6.07) is 12.7. The Morgan fingerprint density at radius 2 is 2.00 bits per heavy atom. The Kier molecular flexibility index (Phi) is 3.36. The number of hydrogen-bond donors (Lipinski definition) is 0. The summed E-state index contributed by atoms with van der Waals surface area (Å²) in [7, 11) is 0. The molecule has 2 aromatic carbocycles. The van der Waals surface area contributed by atoms with Gasteiger partial charge in [0, 0.05) is 11.9 Å². The quantitative estimate of drug-likeness (QED) is 0.805. The lowest BCUT2D eigenvalue weighted by Gasteiger charge is -2.09. The Labute approximate surface area is 121 Å². The van der Waals surface area contributed by atoms with Crippen LogP contribution in [-0.4, -0.2) is 6.79 Å². The molecule has 0 aliphatic carbocycles. The molecule has 20 heavy (non-hydrogen) atoms. The van der Waals surface area contributed by atoms with E-state index < -0.39 is 0 Å². The molecule has 1 aliphatic rings. The van der Waals surface area contributed by atoms with E-state index in [4.69, 9.17) is 31.1 Å². The first kappa shape index (κ1) is 12.6. The zero-order valence-corrected chi connectivity index (χ0v) is 11.2. The maximum atomic E-state index is 9.15. The molecule has 100 valence electrons. The van der Waals surface area contributed by atoms with Crippen LogP contribution in [0.2, 0.25) is 0 Å². The maximum Gasteiger partial charge on any atom is 0.231 e. The largest absolute Gasteiger partial charge is 0.456 e. The average Bonchev–Trinajstić information content (AvgIpc) is 2.95. The van der Waals surface area contributed by atoms with Crippen molar-refractivity contribution in [3.05, 3.63) is 47.5 Å². The Balaban J connectivity index is 1.90. The van der Waals surface area contributed by atoms with E-state index >= 15 is 0 Å². The van der Waals surface area contributed by atoms with Gasteiger partial charge in [-0.25, -0.2) is 0 Å². The summed E-state index contributed by atoms with van der Waals surface area (Å²) < 4.78 is 16.2. The van der Waals surface area contributed by atoms with Gasteiger partial charge in [-0.3, -0.25) is 0 Å². The Hall–Kier alpha value is -2.38. The number of benzene rings is 2. The van der Waals surface area contributed by atoms with Crippen LogP contribution in [0.1, 0.15) is 11.1 Å². The Morgan fingerprint density at radius 3 is 2.80 bits per heavy atom. The van der Waals surface area contributed by atoms with Crippen molar-refractivity contribution < 1.29 is 14.2 Å². The molecule has 0 N–H and O–H groups in total. The second-order valence-corrected chi connectivity index (χ2v) is 4.46. The monoisotopic (exact) mass is 287 g/mol. The summed E-state index contributed by atoms with van der Waals surface area (Å²) in [6.45, 7) is 0.215. The fraction of sp³-hybridized carbons (Fsp3) is 0.133. The van der Waals surface area contributed by atoms with Crippen LogP contribution < -0.4 is 14.2 Å². The molecule has 0 aromatic heterocycles. The van der Waals surface area contributed by atoms with Crippen LogP contribution in [0.5, 0.6) is 23.0 Å². The normalized spacial score (nSPS) is 12.0. The number of rotatable bonds is 3. The number of alkyl halides is 1. The predicted molar refractivity (Wildman–Crippen MR) is 73.4 cm³/mol. The average molecular weight is 288 g/mol. The molecule has 0 fully saturated rings. The van der Waals surface area contributed by atoms with E-state index in [9.17, 15) is 0 Å². The van der Waals surface area contributed by atoms with Gasteiger partial charge in [-0.05, 0) is 29.8 Å². The van der Waals surface area contributed by atoms with Crippen LogP contribution in [0.4, 0.5) is 0 Å². The fourth-order valence-electron chi connectivity index (χ4n) is 1.90. The minimum atomic E-state index is 0.215. The van der Waals surface area contributed by atoms with E-state index in [1.54, 1.807) is 30.3 Å². The molecule has 1 aliphatic heterocycles. The van der Waals surface area contributed by atoms with E-state index in [2.05, 4.69) is 6.07 Å². The summed E-state index contributed by atoms with van der Waals surface area (Å²) in [6.07, 6.45) is 0. The number of ether oxygens (including phenoxy) is 3. The van der Waals surface area contributed by atoms with Crippen molar-refractivity contribution in [1.82, 2.24) is 0 Å². The van der Waals surface area contributed by atoms with Crippen molar-refractivity contribution in [2.24, 2.45) is 0 Å². The van der Waals surface area contributed by atoms with Gasteiger partial charge < -0.3 is 14.2 Å². The second-order valence-electron chi connectivity index (χ2n) is 4.19. The molecule has 0 bridgehead atoms. The summed E-state index contributed by atoms with van der Waals surface area (Å²) in [5.74, 6) is 2.76. The minimum Gasteiger partial charge on any atom is -0.456 e. The molecule has 3 rings (SSSR count). The molecular weight excluding hydrogens is 278 g/mol. The topological polar surface area (TPSA) is 51.5 Å². The maximum absolute atomic E-state index is 9.15. The van der Waals surface area contributed by atoms with Crippen LogP contribution in [0.3, 0.4) is 0 Å². The van der Waals surface area contributed by atoms with Crippen molar-refractivity contribution in [3.63, 3.8) is 0 Å². The highest BCUT2D eigenvalue weighted by molar-refractivity contribution is 6.17. The molecule has 5 heteroatoms. The van der Waals surface area contributed by atoms with Gasteiger partial charge in [0.1, 0.15) is 17.6 Å². The molecular formula is C15H10ClNO3. The molecule has 0 radical (unpaired) electrons. The zero-order chi connectivity index (χ0) is 13.9. The molecule has 2 aromatic rings. The summed E-state index contributed by atoms with van der Waals surface area (Å²) >= 11 is 5.75. The molecule has 4 nitrogen and oxygen atoms in total. The predicted octanol–water partition coefficient (Wildman–Crippen LogP) is 3.82. The SMILES string of the molecule is N#Cc1cc(CCl)ccc1Oc1ccc2c(c1)OCO2. The molecule has 0 saturated heterocycles. The number of hydrogen-bond acceptors (Lipinski definition) is 4. The molecule has 1 heterocycles. The highest BCUT2D eigenvalue weighted by Gasteiger charge is 2.14. The molecule has 0 spiro atoms. The van der Waals surface area contributed by atoms with Gasteiger partial charge in [0.2, 0.25) is 6.79 Å². The lowest BCUT2D eigenvalue weighted by molar-refractivity contribution is 0.174. The highest BCUT2D eigenvalue weighted by Crippen LogP contribution is 2.37. The van der Waals surface area contributed by atoms with E-state index in [-0.39, 0.29) is 6.79 Å². The van der Waals surface area contributed by atoms with E-state index in [1.165, 1.54) is 0 Å². The lowest BCUT2D eigenvalue weighted by atomic mass is 10.1. The second kappa shape index (κ2) is 5.32. The zero-order valence-electron chi connectivity index (χ0n) is 10.4. The summed E-state index contributed by atoms with van der Waals surface area (Å²) in [5.41, 5.74) is 1.32. The first-order valence-corrected chi connectivity index (χ1v) is 6.50. The first-order valence-electron chi connectivity index (χ1n) is 5.96. The van der Waals surface area contributed by atoms with Crippen molar-refractivity contribution in [1.29, 1.82) is 5.26 Å². The van der Waals surface area contributed by atoms with Gasteiger partial charge in [-0.15, -0.1) is 11.6 Å². The van der Waals surface area contributed by atoms with Crippen LogP contribution >= 0.6 is 11.6 Å². The smallest absolute Gasteiger partial charge is 0.231 e. The number of nitrogens with zero attached hydrogens (tertiary/aromatic N) is 1. The van der Waals surface area contributed by atoms with Gasteiger partial charge in [-0.1, -0.05) is 6.07 Å². The fourth-order valence-corrected chi connectivity index (χ4v) is 2.07. The molecule has 0 atom stereocenters. The van der Waals surface area contributed by atoms with Gasteiger partial charge >= 0.3 is 0 Å². The number of fused-ring (bicyclic) bond motifs is 1. The van der Waals surface area contributed by atoms with E-state index in [0.717, 1.165) is 5.56 Å². The Bertz CT molecular complexity index is 694.